The highest BCUT2D eigenvalue weighted by molar-refractivity contribution is 5.84. The van der Waals surface area contributed by atoms with Crippen LogP contribution in [0, 0.1) is 17.8 Å². The van der Waals surface area contributed by atoms with Gasteiger partial charge in [-0.25, -0.2) is 0 Å². The molecule has 2 saturated carbocycles. The molecule has 4 heteroatoms. The number of fused-ring (bicyclic) bond motifs is 2. The van der Waals surface area contributed by atoms with Crippen molar-refractivity contribution in [1.82, 2.24) is 5.32 Å². The lowest BCUT2D eigenvalue weighted by Gasteiger charge is -2.31. The maximum atomic E-state index is 12.0. The van der Waals surface area contributed by atoms with E-state index in [0.29, 0.717) is 5.92 Å². The zero-order chi connectivity index (χ0) is 13.3. The number of carbonyl (C=O) groups is 1. The van der Waals surface area contributed by atoms with Crippen molar-refractivity contribution in [2.24, 2.45) is 17.8 Å². The number of methoxy groups -OCH3 is 1. The number of hydrogen-bond donors (Lipinski definition) is 2. The van der Waals surface area contributed by atoms with Crippen LogP contribution in [0.3, 0.4) is 0 Å². The molecule has 0 radical (unpaired) electrons. The van der Waals surface area contributed by atoms with Crippen LogP contribution < -0.4 is 5.32 Å². The van der Waals surface area contributed by atoms with Gasteiger partial charge in [0.25, 0.3) is 5.91 Å². The molecule has 2 aliphatic carbocycles. The average Bonchev–Trinajstić information content (AvgIpc) is 2.90. The molecule has 104 valence electrons. The number of rotatable bonds is 5. The lowest BCUT2D eigenvalue weighted by molar-refractivity contribution is -0.144. The Morgan fingerprint density at radius 3 is 2.72 bits per heavy atom. The zero-order valence-corrected chi connectivity index (χ0v) is 11.6. The van der Waals surface area contributed by atoms with Crippen LogP contribution in [0.2, 0.25) is 0 Å². The predicted octanol–water partition coefficient (Wildman–Crippen LogP) is 1.32. The van der Waals surface area contributed by atoms with Crippen LogP contribution >= 0.6 is 0 Å². The molecule has 0 aromatic rings. The van der Waals surface area contributed by atoms with Gasteiger partial charge < -0.3 is 15.2 Å². The van der Waals surface area contributed by atoms with Gasteiger partial charge in [-0.15, -0.1) is 0 Å². The molecule has 2 bridgehead atoms. The average molecular weight is 255 g/mol. The van der Waals surface area contributed by atoms with Crippen molar-refractivity contribution in [3.63, 3.8) is 0 Å². The first-order chi connectivity index (χ1) is 8.44. The highest BCUT2D eigenvalue weighted by Crippen LogP contribution is 2.49. The fraction of sp³-hybridized carbons (Fsp3) is 0.929. The second-order valence-corrected chi connectivity index (χ2v) is 6.31. The fourth-order valence-electron chi connectivity index (χ4n) is 3.72. The summed E-state index contributed by atoms with van der Waals surface area (Å²) >= 11 is 0. The SMILES string of the molecule is COC[C@](C)(O)C(=O)N[C@@H](C)[C@H]1C[C@H]2CC[C@H]1C2. The molecule has 2 aliphatic rings. The maximum absolute atomic E-state index is 12.0. The minimum atomic E-state index is -1.43. The topological polar surface area (TPSA) is 58.6 Å². The van der Waals surface area contributed by atoms with Gasteiger partial charge in [-0.05, 0) is 50.9 Å². The van der Waals surface area contributed by atoms with E-state index < -0.39 is 5.60 Å². The van der Waals surface area contributed by atoms with Crippen molar-refractivity contribution in [2.75, 3.05) is 13.7 Å². The highest BCUT2D eigenvalue weighted by Gasteiger charge is 2.43. The van der Waals surface area contributed by atoms with Crippen molar-refractivity contribution in [1.29, 1.82) is 0 Å². The summed E-state index contributed by atoms with van der Waals surface area (Å²) < 4.78 is 4.87. The largest absolute Gasteiger partial charge is 0.381 e. The third-order valence-corrected chi connectivity index (χ3v) is 4.71. The minimum absolute atomic E-state index is 0.0300. The van der Waals surface area contributed by atoms with Crippen LogP contribution in [0.4, 0.5) is 0 Å². The molecule has 0 aromatic heterocycles. The fourth-order valence-corrected chi connectivity index (χ4v) is 3.72. The summed E-state index contributed by atoms with van der Waals surface area (Å²) in [5.41, 5.74) is -1.43. The van der Waals surface area contributed by atoms with E-state index in [1.165, 1.54) is 39.7 Å². The Morgan fingerprint density at radius 2 is 2.22 bits per heavy atom. The molecular weight excluding hydrogens is 230 g/mol. The minimum Gasteiger partial charge on any atom is -0.381 e. The molecule has 4 nitrogen and oxygen atoms in total. The Labute approximate surface area is 109 Å². The van der Waals surface area contributed by atoms with E-state index in [4.69, 9.17) is 4.74 Å². The number of hydrogen-bond acceptors (Lipinski definition) is 3. The summed E-state index contributed by atoms with van der Waals surface area (Å²) in [7, 11) is 1.49. The predicted molar refractivity (Wildman–Crippen MR) is 69.0 cm³/mol. The third-order valence-electron chi connectivity index (χ3n) is 4.71. The third kappa shape index (κ3) is 2.69. The van der Waals surface area contributed by atoms with Crippen LogP contribution in [-0.4, -0.2) is 36.4 Å². The molecule has 5 atom stereocenters. The normalized spacial score (nSPS) is 35.2. The summed E-state index contributed by atoms with van der Waals surface area (Å²) in [6.07, 6.45) is 5.24. The van der Waals surface area contributed by atoms with Crippen LogP contribution in [0.25, 0.3) is 0 Å². The molecular formula is C14H25NO3. The van der Waals surface area contributed by atoms with E-state index in [9.17, 15) is 9.90 Å². The molecule has 0 spiro atoms. The summed E-state index contributed by atoms with van der Waals surface area (Å²) in [6.45, 7) is 3.59. The molecule has 1 amide bonds. The number of aliphatic hydroxyl groups is 1. The quantitative estimate of drug-likeness (QED) is 0.779. The van der Waals surface area contributed by atoms with E-state index >= 15 is 0 Å². The lowest BCUT2D eigenvalue weighted by atomic mass is 9.83. The Balaban J connectivity index is 1.87. The highest BCUT2D eigenvalue weighted by atomic mass is 16.5. The van der Waals surface area contributed by atoms with Crippen molar-refractivity contribution < 1.29 is 14.6 Å². The smallest absolute Gasteiger partial charge is 0.254 e. The summed E-state index contributed by atoms with van der Waals surface area (Å²) in [5.74, 6) is 1.92. The lowest BCUT2D eigenvalue weighted by Crippen LogP contribution is -2.52. The summed E-state index contributed by atoms with van der Waals surface area (Å²) in [4.78, 5) is 12.0. The van der Waals surface area contributed by atoms with E-state index in [-0.39, 0.29) is 18.6 Å². The number of nitrogens with one attached hydrogen (secondary N) is 1. The van der Waals surface area contributed by atoms with Crippen molar-refractivity contribution in [3.8, 4) is 0 Å². The molecule has 2 N–H and O–H groups in total. The molecule has 0 heterocycles. The van der Waals surface area contributed by atoms with E-state index in [0.717, 1.165) is 11.8 Å². The Hall–Kier alpha value is -0.610. The van der Waals surface area contributed by atoms with Gasteiger partial charge in [-0.3, -0.25) is 4.79 Å². The van der Waals surface area contributed by atoms with Crippen LogP contribution in [0.15, 0.2) is 0 Å². The van der Waals surface area contributed by atoms with Gasteiger partial charge in [0.15, 0.2) is 5.60 Å². The van der Waals surface area contributed by atoms with Crippen molar-refractivity contribution in [2.45, 2.75) is 51.2 Å². The molecule has 0 aliphatic heterocycles. The first kappa shape index (κ1) is 13.8. The van der Waals surface area contributed by atoms with E-state index in [2.05, 4.69) is 12.2 Å². The van der Waals surface area contributed by atoms with Gasteiger partial charge in [0, 0.05) is 13.2 Å². The molecule has 2 fully saturated rings. The second kappa shape index (κ2) is 5.17. The summed E-state index contributed by atoms with van der Waals surface area (Å²) in [5, 5.41) is 12.9. The first-order valence-electron chi connectivity index (χ1n) is 6.96. The van der Waals surface area contributed by atoms with Gasteiger partial charge in [-0.1, -0.05) is 6.42 Å². The summed E-state index contributed by atoms with van der Waals surface area (Å²) in [6, 6.07) is 0.149. The standard InChI is InChI=1S/C14H25NO3/c1-9(12-7-10-4-5-11(12)6-10)15-13(16)14(2,17)8-18-3/h9-12,17H,4-8H2,1-3H3,(H,15,16)/t9-,10-,11-,12+,14-/m0/s1. The Bertz CT molecular complexity index is 316. The van der Waals surface area contributed by atoms with Crippen LogP contribution in [-0.2, 0) is 9.53 Å². The zero-order valence-electron chi connectivity index (χ0n) is 11.6. The van der Waals surface area contributed by atoms with Crippen LogP contribution in [0.5, 0.6) is 0 Å². The molecule has 0 aromatic carbocycles. The van der Waals surface area contributed by atoms with Crippen molar-refractivity contribution in [3.05, 3.63) is 0 Å². The number of ether oxygens (including phenoxy) is 1. The first-order valence-corrected chi connectivity index (χ1v) is 6.96. The van der Waals surface area contributed by atoms with Gasteiger partial charge in [-0.2, -0.15) is 0 Å². The Morgan fingerprint density at radius 1 is 1.50 bits per heavy atom. The number of amides is 1. The van der Waals surface area contributed by atoms with Gasteiger partial charge in [0.2, 0.25) is 0 Å². The monoisotopic (exact) mass is 255 g/mol. The van der Waals surface area contributed by atoms with Crippen LogP contribution in [0.1, 0.15) is 39.5 Å². The Kier molecular flexibility index (Phi) is 3.97. The van der Waals surface area contributed by atoms with E-state index in [1.54, 1.807) is 0 Å². The number of carbonyl (C=O) groups excluding carboxylic acids is 1. The molecule has 18 heavy (non-hydrogen) atoms. The molecule has 0 unspecified atom stereocenters. The van der Waals surface area contributed by atoms with Gasteiger partial charge >= 0.3 is 0 Å². The second-order valence-electron chi connectivity index (χ2n) is 6.31. The molecule has 0 saturated heterocycles. The van der Waals surface area contributed by atoms with Gasteiger partial charge in [0.05, 0.1) is 6.61 Å². The van der Waals surface area contributed by atoms with Crippen molar-refractivity contribution >= 4 is 5.91 Å². The van der Waals surface area contributed by atoms with Gasteiger partial charge in [0.1, 0.15) is 0 Å². The van der Waals surface area contributed by atoms with E-state index in [1.807, 2.05) is 0 Å². The maximum Gasteiger partial charge on any atom is 0.254 e. The molecule has 2 rings (SSSR count).